The molecule has 7 heteroatoms. The first kappa shape index (κ1) is 30.4. The molecule has 2 aliphatic rings. The van der Waals surface area contributed by atoms with Crippen molar-refractivity contribution in [1.29, 1.82) is 5.41 Å². The minimum absolute atomic E-state index is 0.481. The highest BCUT2D eigenvalue weighted by Gasteiger charge is 2.13. The molecule has 0 spiro atoms. The predicted molar refractivity (Wildman–Crippen MR) is 166 cm³/mol. The van der Waals surface area contributed by atoms with Crippen molar-refractivity contribution in [3.63, 3.8) is 0 Å². The zero-order valence-corrected chi connectivity index (χ0v) is 24.7. The van der Waals surface area contributed by atoms with Gasteiger partial charge < -0.3 is 12.3 Å². The SMILES string of the molecule is CC.CC.N=C1C2=CC=C/C1=C/C=C\CCO2.c1cnc2c([O][Al][O]c3cccc4cccnc34)cccc2c1. The number of nitrogens with zero attached hydrogens (tertiary/aromatic N) is 2. The number of fused-ring (bicyclic) bond motifs is 4. The minimum Gasteiger partial charge on any atom is -0.614 e. The molecule has 6 rings (SSSR count). The van der Waals surface area contributed by atoms with E-state index < -0.39 is 15.9 Å². The Kier molecular flexibility index (Phi) is 12.7. The third-order valence-electron chi connectivity index (χ3n) is 5.55. The van der Waals surface area contributed by atoms with Crippen LogP contribution in [0.1, 0.15) is 34.1 Å². The lowest BCUT2D eigenvalue weighted by Crippen LogP contribution is -2.11. The van der Waals surface area contributed by atoms with E-state index in [0.717, 1.165) is 45.3 Å². The number of hydrogen-bond acceptors (Lipinski definition) is 6. The fourth-order valence-corrected chi connectivity index (χ4v) is 4.42. The average molecular weight is 549 g/mol. The lowest BCUT2D eigenvalue weighted by atomic mass is 10.0. The smallest absolute Gasteiger partial charge is 0.614 e. The van der Waals surface area contributed by atoms with Crippen LogP contribution in [-0.4, -0.2) is 38.2 Å². The summed E-state index contributed by atoms with van der Waals surface area (Å²) in [4.78, 5) is 8.75. The van der Waals surface area contributed by atoms with Gasteiger partial charge in [-0.05, 0) is 36.8 Å². The second kappa shape index (κ2) is 16.7. The molecule has 0 saturated carbocycles. The molecule has 0 fully saturated rings. The van der Waals surface area contributed by atoms with Crippen LogP contribution in [0.5, 0.6) is 11.5 Å². The summed E-state index contributed by atoms with van der Waals surface area (Å²) >= 11 is -0.704. The standard InChI is InChI=1S/C11H11NO.2C9H7NO.2C2H6.Al/c12-11-9-5-2-1-3-8-13-10(11)7-4-6-9;2*11-8-5-1-3-7-4-2-6-10-9(7)8;2*1-2;/h1-2,4-7,12H,3,8H2;2*1-6,11H;2*1-2H3;/q;;;;;+2/p-2/b2-1-,9-5-,12-11?;;;;;. The van der Waals surface area contributed by atoms with Gasteiger partial charge in [0.1, 0.15) is 34.0 Å². The molecule has 1 radical (unpaired) electrons. The highest BCUT2D eigenvalue weighted by atomic mass is 27.2. The van der Waals surface area contributed by atoms with Gasteiger partial charge in [-0.25, -0.2) is 0 Å². The van der Waals surface area contributed by atoms with Crippen LogP contribution >= 0.6 is 0 Å². The van der Waals surface area contributed by atoms with Gasteiger partial charge in [-0.3, -0.25) is 15.4 Å². The van der Waals surface area contributed by atoms with Crippen LogP contribution in [0, 0.1) is 5.41 Å². The van der Waals surface area contributed by atoms with Crippen LogP contribution in [0.4, 0.5) is 0 Å². The van der Waals surface area contributed by atoms with Crippen LogP contribution in [0.3, 0.4) is 0 Å². The molecule has 2 aromatic heterocycles. The summed E-state index contributed by atoms with van der Waals surface area (Å²) in [7, 11) is 0. The second-order valence-electron chi connectivity index (χ2n) is 7.95. The Labute approximate surface area is 243 Å². The molecule has 2 aromatic carbocycles. The first-order valence-corrected chi connectivity index (χ1v) is 14.5. The van der Waals surface area contributed by atoms with E-state index in [1.807, 2.05) is 119 Å². The van der Waals surface area contributed by atoms with E-state index in [1.54, 1.807) is 12.4 Å². The fourth-order valence-electron chi connectivity index (χ4n) is 3.78. The van der Waals surface area contributed by atoms with Crippen molar-refractivity contribution in [2.75, 3.05) is 6.61 Å². The van der Waals surface area contributed by atoms with Crippen LogP contribution in [0.2, 0.25) is 0 Å². The van der Waals surface area contributed by atoms with Crippen LogP contribution < -0.4 is 7.58 Å². The predicted octanol–water partition coefficient (Wildman–Crippen LogP) is 8.19. The molecule has 203 valence electrons. The molecule has 0 amide bonds. The summed E-state index contributed by atoms with van der Waals surface area (Å²) in [5, 5.41) is 9.90. The molecular formula is C33H35AlN3O3. The molecule has 0 unspecified atom stereocenters. The fraction of sp³-hybridized carbons (Fsp3) is 0.182. The van der Waals surface area contributed by atoms with Gasteiger partial charge in [-0.15, -0.1) is 0 Å². The number of para-hydroxylation sites is 2. The van der Waals surface area contributed by atoms with E-state index in [4.69, 9.17) is 17.7 Å². The van der Waals surface area contributed by atoms with E-state index in [9.17, 15) is 0 Å². The van der Waals surface area contributed by atoms with E-state index >= 15 is 0 Å². The van der Waals surface area contributed by atoms with Crippen molar-refractivity contribution in [3.05, 3.63) is 121 Å². The summed E-state index contributed by atoms with van der Waals surface area (Å²) in [6.45, 7) is 8.65. The third kappa shape index (κ3) is 8.16. The van der Waals surface area contributed by atoms with Gasteiger partial charge in [0.25, 0.3) is 0 Å². The normalized spacial score (nSPS) is 15.2. The number of ether oxygens (including phenoxy) is 1. The summed E-state index contributed by atoms with van der Waals surface area (Å²) in [6.07, 6.45) is 16.1. The van der Waals surface area contributed by atoms with Crippen LogP contribution in [0.25, 0.3) is 21.8 Å². The van der Waals surface area contributed by atoms with Gasteiger partial charge in [0, 0.05) is 28.7 Å². The Morgan fingerprint density at radius 1 is 0.750 bits per heavy atom. The van der Waals surface area contributed by atoms with Crippen LogP contribution in [0.15, 0.2) is 121 Å². The minimum atomic E-state index is -0.704. The maximum atomic E-state index is 7.79. The Balaban J connectivity index is 0.000000221. The number of allylic oxidation sites excluding steroid dienone is 6. The van der Waals surface area contributed by atoms with Crippen molar-refractivity contribution < 1.29 is 12.3 Å². The molecule has 0 saturated heterocycles. The van der Waals surface area contributed by atoms with E-state index in [1.165, 1.54) is 0 Å². The molecule has 4 aromatic rings. The number of hydrogen-bond donors (Lipinski definition) is 1. The highest BCUT2D eigenvalue weighted by Crippen LogP contribution is 2.25. The molecule has 40 heavy (non-hydrogen) atoms. The van der Waals surface area contributed by atoms with Crippen molar-refractivity contribution in [1.82, 2.24) is 9.97 Å². The van der Waals surface area contributed by atoms with Crippen molar-refractivity contribution in [2.45, 2.75) is 34.1 Å². The number of rotatable bonds is 4. The maximum Gasteiger partial charge on any atom is 0.882 e. The number of pyridine rings is 2. The molecule has 2 bridgehead atoms. The molecule has 6 nitrogen and oxygen atoms in total. The molecule has 1 aliphatic carbocycles. The Hall–Kier alpha value is -4.18. The number of aromatic nitrogens is 2. The van der Waals surface area contributed by atoms with Gasteiger partial charge in [0.15, 0.2) is 0 Å². The second-order valence-corrected chi connectivity index (χ2v) is 8.61. The van der Waals surface area contributed by atoms with Gasteiger partial charge >= 0.3 is 15.9 Å². The van der Waals surface area contributed by atoms with E-state index in [-0.39, 0.29) is 0 Å². The Morgan fingerprint density at radius 2 is 1.32 bits per heavy atom. The Morgan fingerprint density at radius 3 is 1.93 bits per heavy atom. The van der Waals surface area contributed by atoms with Gasteiger partial charge in [-0.1, -0.05) is 94.5 Å². The quantitative estimate of drug-likeness (QED) is 0.260. The monoisotopic (exact) mass is 548 g/mol. The summed E-state index contributed by atoms with van der Waals surface area (Å²) in [5.74, 6) is 2.16. The summed E-state index contributed by atoms with van der Waals surface area (Å²) in [5.41, 5.74) is 3.09. The van der Waals surface area contributed by atoms with Gasteiger partial charge in [0.2, 0.25) is 0 Å². The maximum absolute atomic E-state index is 7.79. The molecule has 1 N–H and O–H groups in total. The topological polar surface area (TPSA) is 77.3 Å². The summed E-state index contributed by atoms with van der Waals surface area (Å²) < 4.78 is 17.1. The summed E-state index contributed by atoms with van der Waals surface area (Å²) in [6, 6.07) is 19.6. The third-order valence-corrected chi connectivity index (χ3v) is 6.25. The molecule has 1 aliphatic heterocycles. The van der Waals surface area contributed by atoms with Crippen LogP contribution in [-0.2, 0) is 4.74 Å². The number of nitrogens with one attached hydrogen (secondary N) is 1. The lowest BCUT2D eigenvalue weighted by molar-refractivity contribution is 0.237. The van der Waals surface area contributed by atoms with Gasteiger partial charge in [0.05, 0.1) is 6.61 Å². The average Bonchev–Trinajstić information content (AvgIpc) is 3.06. The zero-order chi connectivity index (χ0) is 28.6. The lowest BCUT2D eigenvalue weighted by Gasteiger charge is -2.13. The van der Waals surface area contributed by atoms with E-state index in [0.29, 0.717) is 18.1 Å². The molecule has 3 heterocycles. The highest BCUT2D eigenvalue weighted by molar-refractivity contribution is 6.21. The molecular weight excluding hydrogens is 513 g/mol. The van der Waals surface area contributed by atoms with Crippen molar-refractivity contribution in [2.24, 2.45) is 0 Å². The zero-order valence-electron chi connectivity index (χ0n) is 23.5. The largest absolute Gasteiger partial charge is 0.882 e. The van der Waals surface area contributed by atoms with Crippen molar-refractivity contribution in [3.8, 4) is 11.5 Å². The molecule has 0 atom stereocenters. The van der Waals surface area contributed by atoms with Crippen molar-refractivity contribution >= 4 is 43.4 Å². The Bertz CT molecular complexity index is 1440. The van der Waals surface area contributed by atoms with E-state index in [2.05, 4.69) is 16.0 Å². The van der Waals surface area contributed by atoms with Gasteiger partial charge in [-0.2, -0.15) is 0 Å². The first-order valence-electron chi connectivity index (χ1n) is 13.6. The number of benzene rings is 2. The first-order chi connectivity index (χ1) is 19.8.